The number of rotatable bonds is 5. The number of nitrogens with one attached hydrogen (secondary N) is 1. The normalized spacial score (nSPS) is 18.4. The highest BCUT2D eigenvalue weighted by atomic mass is 16.4. The van der Waals surface area contributed by atoms with E-state index in [0.717, 1.165) is 18.4 Å². The highest BCUT2D eigenvalue weighted by molar-refractivity contribution is 5.91. The fourth-order valence-electron chi connectivity index (χ4n) is 2.86. The van der Waals surface area contributed by atoms with Crippen LogP contribution in [0.25, 0.3) is 0 Å². The van der Waals surface area contributed by atoms with Gasteiger partial charge in [-0.15, -0.1) is 0 Å². The maximum Gasteiger partial charge on any atom is 0.328 e. The fraction of sp³-hybridized carbons (Fsp3) is 0.467. The average Bonchev–Trinajstić information content (AvgIpc) is 2.96. The molecule has 0 saturated heterocycles. The van der Waals surface area contributed by atoms with Crippen molar-refractivity contribution >= 4 is 11.9 Å². The Balaban J connectivity index is 2.25. The van der Waals surface area contributed by atoms with Gasteiger partial charge in [-0.1, -0.05) is 43.2 Å². The number of amides is 1. The number of carboxylic acid groups (broad SMARTS) is 1. The third-order valence-electron chi connectivity index (χ3n) is 4.00. The van der Waals surface area contributed by atoms with Crippen molar-refractivity contribution in [2.24, 2.45) is 0 Å². The molecule has 1 amide bonds. The molecule has 3 N–H and O–H groups in total. The summed E-state index contributed by atoms with van der Waals surface area (Å²) in [4.78, 5) is 23.5. The van der Waals surface area contributed by atoms with Gasteiger partial charge in [0.2, 0.25) is 5.91 Å². The number of carbonyl (C=O) groups excluding carboxylic acids is 1. The summed E-state index contributed by atoms with van der Waals surface area (Å²) in [5, 5.41) is 20.5. The molecule has 0 unspecified atom stereocenters. The van der Waals surface area contributed by atoms with Gasteiger partial charge in [0.15, 0.2) is 0 Å². The van der Waals surface area contributed by atoms with Crippen LogP contribution in [0.2, 0.25) is 0 Å². The average molecular weight is 277 g/mol. The Hall–Kier alpha value is -1.88. The van der Waals surface area contributed by atoms with E-state index in [9.17, 15) is 9.59 Å². The number of aliphatic hydroxyl groups is 1. The molecule has 108 valence electrons. The molecule has 1 fully saturated rings. The predicted octanol–water partition coefficient (Wildman–Crippen LogP) is 1.06. The second-order valence-corrected chi connectivity index (χ2v) is 5.20. The number of aliphatic hydroxyl groups excluding tert-OH is 1. The second-order valence-electron chi connectivity index (χ2n) is 5.20. The van der Waals surface area contributed by atoms with Gasteiger partial charge in [-0.2, -0.15) is 0 Å². The first-order chi connectivity index (χ1) is 9.60. The summed E-state index contributed by atoms with van der Waals surface area (Å²) in [7, 11) is 0. The van der Waals surface area contributed by atoms with E-state index in [1.54, 1.807) is 0 Å². The second kappa shape index (κ2) is 6.05. The Kier molecular flexibility index (Phi) is 4.39. The number of hydrogen-bond donors (Lipinski definition) is 3. The molecule has 1 aromatic rings. The van der Waals surface area contributed by atoms with Crippen LogP contribution in [0.5, 0.6) is 0 Å². The van der Waals surface area contributed by atoms with Crippen molar-refractivity contribution in [3.63, 3.8) is 0 Å². The smallest absolute Gasteiger partial charge is 0.328 e. The SMILES string of the molecule is O=C(O)[C@H](CO)NC(=O)C1(c2ccccc2)CCCC1. The number of benzene rings is 1. The quantitative estimate of drug-likeness (QED) is 0.751. The molecule has 0 aromatic heterocycles. The third-order valence-corrected chi connectivity index (χ3v) is 4.00. The van der Waals surface area contributed by atoms with Gasteiger partial charge < -0.3 is 15.5 Å². The van der Waals surface area contributed by atoms with E-state index in [0.29, 0.717) is 12.8 Å². The van der Waals surface area contributed by atoms with Crippen molar-refractivity contribution in [2.45, 2.75) is 37.1 Å². The van der Waals surface area contributed by atoms with Crippen molar-refractivity contribution < 1.29 is 19.8 Å². The minimum absolute atomic E-state index is 0.303. The van der Waals surface area contributed by atoms with E-state index < -0.39 is 24.0 Å². The van der Waals surface area contributed by atoms with E-state index in [1.165, 1.54) is 0 Å². The number of carboxylic acids is 1. The van der Waals surface area contributed by atoms with Gasteiger partial charge in [-0.25, -0.2) is 4.79 Å². The molecular formula is C15H19NO4. The zero-order valence-electron chi connectivity index (χ0n) is 11.2. The molecule has 0 spiro atoms. The molecule has 0 radical (unpaired) electrons. The van der Waals surface area contributed by atoms with Gasteiger partial charge >= 0.3 is 5.97 Å². The monoisotopic (exact) mass is 277 g/mol. The largest absolute Gasteiger partial charge is 0.480 e. The highest BCUT2D eigenvalue weighted by Crippen LogP contribution is 2.41. The molecule has 1 saturated carbocycles. The van der Waals surface area contributed by atoms with Crippen molar-refractivity contribution in [3.05, 3.63) is 35.9 Å². The van der Waals surface area contributed by atoms with Crippen LogP contribution in [0.15, 0.2) is 30.3 Å². The van der Waals surface area contributed by atoms with E-state index >= 15 is 0 Å². The lowest BCUT2D eigenvalue weighted by Crippen LogP contribution is -2.51. The third kappa shape index (κ3) is 2.67. The molecule has 0 heterocycles. The molecule has 5 nitrogen and oxygen atoms in total. The minimum atomic E-state index is -1.25. The van der Waals surface area contributed by atoms with Crippen LogP contribution in [0.4, 0.5) is 0 Å². The number of aliphatic carboxylic acids is 1. The first kappa shape index (κ1) is 14.5. The van der Waals surface area contributed by atoms with Crippen molar-refractivity contribution in [2.75, 3.05) is 6.61 Å². The van der Waals surface area contributed by atoms with Crippen LogP contribution >= 0.6 is 0 Å². The van der Waals surface area contributed by atoms with Gasteiger partial charge in [0, 0.05) is 0 Å². The Bertz CT molecular complexity index is 480. The molecule has 0 bridgehead atoms. The first-order valence-electron chi connectivity index (χ1n) is 6.80. The maximum atomic E-state index is 12.6. The van der Waals surface area contributed by atoms with Crippen LogP contribution in [-0.4, -0.2) is 34.7 Å². The van der Waals surface area contributed by atoms with Crippen molar-refractivity contribution in [1.29, 1.82) is 0 Å². The molecule has 1 aromatic carbocycles. The lowest BCUT2D eigenvalue weighted by Gasteiger charge is -2.29. The molecule has 5 heteroatoms. The number of hydrogen-bond acceptors (Lipinski definition) is 3. The highest BCUT2D eigenvalue weighted by Gasteiger charge is 2.43. The zero-order valence-corrected chi connectivity index (χ0v) is 11.2. The summed E-state index contributed by atoms with van der Waals surface area (Å²) >= 11 is 0. The molecule has 20 heavy (non-hydrogen) atoms. The van der Waals surface area contributed by atoms with Crippen molar-refractivity contribution in [1.82, 2.24) is 5.32 Å². The standard InChI is InChI=1S/C15H19NO4/c17-10-12(13(18)19)16-14(20)15(8-4-5-9-15)11-6-2-1-3-7-11/h1-3,6-7,12,17H,4-5,8-10H2,(H,16,20)(H,18,19)/t12-/m0/s1. The molecule has 2 rings (SSSR count). The zero-order chi connectivity index (χ0) is 14.6. The summed E-state index contributed by atoms with van der Waals surface area (Å²) < 4.78 is 0. The van der Waals surface area contributed by atoms with Crippen LogP contribution in [-0.2, 0) is 15.0 Å². The van der Waals surface area contributed by atoms with E-state index in [1.807, 2.05) is 30.3 Å². The van der Waals surface area contributed by atoms with Gasteiger partial charge in [0.05, 0.1) is 12.0 Å². The van der Waals surface area contributed by atoms with Crippen LogP contribution < -0.4 is 5.32 Å². The van der Waals surface area contributed by atoms with Crippen LogP contribution in [0.3, 0.4) is 0 Å². The van der Waals surface area contributed by atoms with Gasteiger partial charge in [0.1, 0.15) is 6.04 Å². The van der Waals surface area contributed by atoms with E-state index in [4.69, 9.17) is 10.2 Å². The van der Waals surface area contributed by atoms with Gasteiger partial charge in [-0.05, 0) is 18.4 Å². The first-order valence-corrected chi connectivity index (χ1v) is 6.80. The van der Waals surface area contributed by atoms with Crippen LogP contribution in [0, 0.1) is 0 Å². The predicted molar refractivity (Wildman–Crippen MR) is 73.2 cm³/mol. The minimum Gasteiger partial charge on any atom is -0.480 e. The Morgan fingerprint density at radius 1 is 1.20 bits per heavy atom. The Morgan fingerprint density at radius 3 is 2.30 bits per heavy atom. The maximum absolute atomic E-state index is 12.6. The molecule has 0 aliphatic heterocycles. The molecule has 1 aliphatic rings. The lowest BCUT2D eigenvalue weighted by molar-refractivity contribution is -0.144. The molecular weight excluding hydrogens is 258 g/mol. The Labute approximate surface area is 117 Å². The van der Waals surface area contributed by atoms with E-state index in [2.05, 4.69) is 5.32 Å². The van der Waals surface area contributed by atoms with E-state index in [-0.39, 0.29) is 5.91 Å². The Morgan fingerprint density at radius 2 is 1.80 bits per heavy atom. The summed E-state index contributed by atoms with van der Waals surface area (Å²) in [5.74, 6) is -1.52. The topological polar surface area (TPSA) is 86.6 Å². The van der Waals surface area contributed by atoms with Crippen LogP contribution in [0.1, 0.15) is 31.2 Å². The summed E-state index contributed by atoms with van der Waals surface area (Å²) in [5.41, 5.74) is 0.251. The summed E-state index contributed by atoms with van der Waals surface area (Å²) in [6.07, 6.45) is 3.31. The lowest BCUT2D eigenvalue weighted by atomic mass is 9.78. The molecule has 1 atom stereocenters. The van der Waals surface area contributed by atoms with Gasteiger partial charge in [0.25, 0.3) is 0 Å². The van der Waals surface area contributed by atoms with Gasteiger partial charge in [-0.3, -0.25) is 4.79 Å². The fourth-order valence-corrected chi connectivity index (χ4v) is 2.86. The number of carbonyl (C=O) groups is 2. The molecule has 1 aliphatic carbocycles. The summed E-state index contributed by atoms with van der Waals surface area (Å²) in [6, 6.07) is 8.20. The van der Waals surface area contributed by atoms with Crippen molar-refractivity contribution in [3.8, 4) is 0 Å². The summed E-state index contributed by atoms with van der Waals surface area (Å²) in [6.45, 7) is -0.605.